The Morgan fingerprint density at radius 3 is 2.38 bits per heavy atom. The molecule has 0 unspecified atom stereocenters. The van der Waals surface area contributed by atoms with Gasteiger partial charge in [-0.3, -0.25) is 9.59 Å². The molecule has 3 aliphatic rings. The van der Waals surface area contributed by atoms with E-state index >= 15 is 0 Å². The number of nitrogens with zero attached hydrogens (tertiary/aromatic N) is 2. The van der Waals surface area contributed by atoms with Crippen LogP contribution in [0.3, 0.4) is 0 Å². The third kappa shape index (κ3) is 4.23. The zero-order chi connectivity index (χ0) is 20.6. The highest BCUT2D eigenvalue weighted by Crippen LogP contribution is 2.45. The van der Waals surface area contributed by atoms with Crippen molar-refractivity contribution in [2.75, 3.05) is 26.7 Å². The summed E-state index contributed by atoms with van der Waals surface area (Å²) in [5.41, 5.74) is 1.09. The highest BCUT2D eigenvalue weighted by Gasteiger charge is 2.51. The summed E-state index contributed by atoms with van der Waals surface area (Å²) in [6.07, 6.45) is 2.41. The lowest BCUT2D eigenvalue weighted by Gasteiger charge is -2.48. The molecule has 0 aromatic heterocycles. The molecule has 2 aliphatic heterocycles. The van der Waals surface area contributed by atoms with E-state index in [1.165, 1.54) is 0 Å². The van der Waals surface area contributed by atoms with Gasteiger partial charge in [0.25, 0.3) is 0 Å². The predicted octanol–water partition coefficient (Wildman–Crippen LogP) is 3.47. The molecule has 29 heavy (non-hydrogen) atoms. The summed E-state index contributed by atoms with van der Waals surface area (Å²) in [5, 5.41) is 0. The third-order valence-corrected chi connectivity index (χ3v) is 6.86. The molecule has 0 radical (unpaired) electrons. The summed E-state index contributed by atoms with van der Waals surface area (Å²) in [6, 6.07) is 7.74. The molecule has 3 fully saturated rings. The fourth-order valence-electron chi connectivity index (χ4n) is 4.90. The molecule has 1 aliphatic carbocycles. The molecule has 0 bridgehead atoms. The number of alkyl halides is 2. The fourth-order valence-corrected chi connectivity index (χ4v) is 4.90. The molecule has 1 saturated carbocycles. The van der Waals surface area contributed by atoms with Crippen molar-refractivity contribution in [2.24, 2.45) is 11.3 Å². The van der Waals surface area contributed by atoms with Crippen molar-refractivity contribution < 1.29 is 23.1 Å². The number of benzene rings is 1. The quantitative estimate of drug-likeness (QED) is 0.769. The van der Waals surface area contributed by atoms with Crippen molar-refractivity contribution in [3.8, 4) is 5.75 Å². The van der Waals surface area contributed by atoms with Crippen LogP contribution in [0.1, 0.15) is 44.1 Å². The van der Waals surface area contributed by atoms with Crippen molar-refractivity contribution in [2.45, 2.75) is 51.0 Å². The predicted molar refractivity (Wildman–Crippen MR) is 104 cm³/mol. The van der Waals surface area contributed by atoms with Crippen LogP contribution >= 0.6 is 0 Å². The second kappa shape index (κ2) is 7.58. The number of amides is 2. The van der Waals surface area contributed by atoms with Gasteiger partial charge in [0.2, 0.25) is 17.7 Å². The second-order valence-corrected chi connectivity index (χ2v) is 8.88. The number of hydrogen-bond donors (Lipinski definition) is 0. The van der Waals surface area contributed by atoms with Crippen LogP contribution in [0, 0.1) is 11.3 Å². The number of carbonyl (C=O) groups excluding carboxylic acids is 2. The summed E-state index contributed by atoms with van der Waals surface area (Å²) in [4.78, 5) is 28.6. The molecular formula is C22H28F2N2O3. The van der Waals surface area contributed by atoms with Gasteiger partial charge in [-0.2, -0.15) is 0 Å². The molecule has 2 saturated heterocycles. The minimum Gasteiger partial charge on any atom is -0.497 e. The molecule has 0 N–H and O–H groups in total. The summed E-state index contributed by atoms with van der Waals surface area (Å²) < 4.78 is 31.4. The van der Waals surface area contributed by atoms with E-state index in [-0.39, 0.29) is 30.1 Å². The Bertz CT molecular complexity index is 765. The minimum atomic E-state index is -2.66. The maximum atomic E-state index is 13.1. The van der Waals surface area contributed by atoms with Gasteiger partial charge in [0.05, 0.1) is 7.11 Å². The topological polar surface area (TPSA) is 49.9 Å². The SMILES string of the molecule is COc1ccc(CN2CC3(CCC2=O)CCN(C(=O)C2CC(F)(F)C2)CC3)cc1. The Balaban J connectivity index is 1.34. The molecule has 2 heterocycles. The van der Waals surface area contributed by atoms with E-state index < -0.39 is 11.8 Å². The Kier molecular flexibility index (Phi) is 5.25. The molecule has 5 nitrogen and oxygen atoms in total. The van der Waals surface area contributed by atoms with E-state index in [1.54, 1.807) is 12.0 Å². The average Bonchev–Trinajstić information content (AvgIpc) is 2.70. The zero-order valence-corrected chi connectivity index (χ0v) is 16.8. The van der Waals surface area contributed by atoms with Gasteiger partial charge in [-0.15, -0.1) is 0 Å². The largest absolute Gasteiger partial charge is 0.497 e. The molecular weight excluding hydrogens is 378 g/mol. The first-order valence-electron chi connectivity index (χ1n) is 10.4. The van der Waals surface area contributed by atoms with E-state index in [4.69, 9.17) is 4.74 Å². The molecule has 158 valence electrons. The van der Waals surface area contributed by atoms with Crippen LogP contribution in [0.2, 0.25) is 0 Å². The Morgan fingerprint density at radius 1 is 1.14 bits per heavy atom. The average molecular weight is 406 g/mol. The van der Waals surface area contributed by atoms with Crippen LogP contribution in [0.15, 0.2) is 24.3 Å². The van der Waals surface area contributed by atoms with E-state index in [0.29, 0.717) is 32.6 Å². The van der Waals surface area contributed by atoms with Crippen LogP contribution in [-0.4, -0.2) is 54.3 Å². The Hall–Kier alpha value is -2.18. The number of methoxy groups -OCH3 is 1. The van der Waals surface area contributed by atoms with Crippen LogP contribution in [-0.2, 0) is 16.1 Å². The number of halogens is 2. The number of likely N-dealkylation sites (tertiary alicyclic amines) is 2. The molecule has 1 aromatic rings. The lowest BCUT2D eigenvalue weighted by atomic mass is 9.71. The molecule has 1 spiro atoms. The van der Waals surface area contributed by atoms with E-state index in [9.17, 15) is 18.4 Å². The van der Waals surface area contributed by atoms with E-state index in [2.05, 4.69) is 0 Å². The number of carbonyl (C=O) groups is 2. The summed E-state index contributed by atoms with van der Waals surface area (Å²) >= 11 is 0. The smallest absolute Gasteiger partial charge is 0.249 e. The Labute approximate surface area is 170 Å². The van der Waals surface area contributed by atoms with E-state index in [0.717, 1.165) is 30.6 Å². The summed E-state index contributed by atoms with van der Waals surface area (Å²) in [7, 11) is 1.63. The lowest BCUT2D eigenvalue weighted by molar-refractivity contribution is -0.163. The summed E-state index contributed by atoms with van der Waals surface area (Å²) in [6.45, 7) is 2.47. The monoisotopic (exact) mass is 406 g/mol. The molecule has 0 atom stereocenters. The molecule has 1 aromatic carbocycles. The van der Waals surface area contributed by atoms with Gasteiger partial charge in [-0.25, -0.2) is 8.78 Å². The van der Waals surface area contributed by atoms with Crippen LogP contribution < -0.4 is 4.74 Å². The fraction of sp³-hybridized carbons (Fsp3) is 0.636. The van der Waals surface area contributed by atoms with Crippen molar-refractivity contribution in [3.63, 3.8) is 0 Å². The first kappa shape index (κ1) is 20.1. The second-order valence-electron chi connectivity index (χ2n) is 8.88. The standard InChI is InChI=1S/C22H28F2N2O3/c1-29-18-4-2-16(3-5-18)14-26-15-21(7-6-19(26)27)8-10-25(11-9-21)20(28)17-12-22(23,24)13-17/h2-5,17H,6-15H2,1H3. The normalized spacial score (nSPS) is 23.8. The highest BCUT2D eigenvalue weighted by atomic mass is 19.3. The van der Waals surface area contributed by atoms with Crippen molar-refractivity contribution in [3.05, 3.63) is 29.8 Å². The van der Waals surface area contributed by atoms with Gasteiger partial charge in [0.1, 0.15) is 5.75 Å². The maximum Gasteiger partial charge on any atom is 0.249 e. The Morgan fingerprint density at radius 2 is 1.79 bits per heavy atom. The molecule has 7 heteroatoms. The number of hydrogen-bond acceptors (Lipinski definition) is 3. The molecule has 4 rings (SSSR count). The summed E-state index contributed by atoms with van der Waals surface area (Å²) in [5.74, 6) is -2.34. The van der Waals surface area contributed by atoms with Gasteiger partial charge >= 0.3 is 0 Å². The zero-order valence-electron chi connectivity index (χ0n) is 16.8. The molecule has 2 amide bonds. The van der Waals surface area contributed by atoms with Crippen LogP contribution in [0.25, 0.3) is 0 Å². The van der Waals surface area contributed by atoms with Gasteiger partial charge in [0.15, 0.2) is 0 Å². The van der Waals surface area contributed by atoms with Gasteiger partial charge in [-0.05, 0) is 42.4 Å². The minimum absolute atomic E-state index is 0.0285. The first-order chi connectivity index (χ1) is 13.8. The number of piperidine rings is 2. The van der Waals surface area contributed by atoms with Gasteiger partial charge in [0, 0.05) is 51.4 Å². The number of rotatable bonds is 4. The van der Waals surface area contributed by atoms with Crippen LogP contribution in [0.5, 0.6) is 5.75 Å². The van der Waals surface area contributed by atoms with Crippen molar-refractivity contribution in [1.82, 2.24) is 9.80 Å². The van der Waals surface area contributed by atoms with Crippen LogP contribution in [0.4, 0.5) is 8.78 Å². The third-order valence-electron chi connectivity index (χ3n) is 6.86. The van der Waals surface area contributed by atoms with Gasteiger partial charge in [-0.1, -0.05) is 12.1 Å². The maximum absolute atomic E-state index is 13.1. The highest BCUT2D eigenvalue weighted by molar-refractivity contribution is 5.80. The van der Waals surface area contributed by atoms with Crippen molar-refractivity contribution >= 4 is 11.8 Å². The van der Waals surface area contributed by atoms with Crippen molar-refractivity contribution in [1.29, 1.82) is 0 Å². The number of ether oxygens (including phenoxy) is 1. The van der Waals surface area contributed by atoms with E-state index in [1.807, 2.05) is 29.2 Å². The first-order valence-corrected chi connectivity index (χ1v) is 10.4. The lowest BCUT2D eigenvalue weighted by Crippen LogP contribution is -2.54. The van der Waals surface area contributed by atoms with Gasteiger partial charge < -0.3 is 14.5 Å².